The number of aliphatic hydroxyl groups excluding tert-OH is 1. The topological polar surface area (TPSA) is 47.9 Å². The Morgan fingerprint density at radius 1 is 1.23 bits per heavy atom. The van der Waals surface area contributed by atoms with Gasteiger partial charge in [0, 0.05) is 12.0 Å². The van der Waals surface area contributed by atoms with Gasteiger partial charge in [0.2, 0.25) is 0 Å². The Labute approximate surface area is 154 Å². The van der Waals surface area contributed by atoms with Crippen molar-refractivity contribution < 1.29 is 19.3 Å². The molecule has 0 bridgehead atoms. The van der Waals surface area contributed by atoms with E-state index in [0.717, 1.165) is 17.7 Å². The molecule has 0 aliphatic carbocycles. The molecular weight excluding hydrogens is 328 g/mol. The van der Waals surface area contributed by atoms with Gasteiger partial charge in [-0.25, -0.2) is 0 Å². The lowest BCUT2D eigenvalue weighted by molar-refractivity contribution is -0.295. The summed E-state index contributed by atoms with van der Waals surface area (Å²) in [6, 6.07) is 12.6. The molecule has 1 fully saturated rings. The van der Waals surface area contributed by atoms with Crippen molar-refractivity contribution in [2.24, 2.45) is 0 Å². The van der Waals surface area contributed by atoms with Crippen molar-refractivity contribution in [2.75, 3.05) is 7.11 Å². The summed E-state index contributed by atoms with van der Waals surface area (Å²) in [4.78, 5) is 0. The summed E-state index contributed by atoms with van der Waals surface area (Å²) in [6.45, 7) is 4.68. The first-order chi connectivity index (χ1) is 12.5. The minimum Gasteiger partial charge on any atom is -0.497 e. The molecule has 2 aliphatic rings. The summed E-state index contributed by atoms with van der Waals surface area (Å²) in [5.74, 6) is 0.0692. The molecule has 1 saturated heterocycles. The summed E-state index contributed by atoms with van der Waals surface area (Å²) in [6.07, 6.45) is 1.59. The average Bonchev–Trinajstić information content (AvgIpc) is 2.91. The lowest BCUT2D eigenvalue weighted by Crippen LogP contribution is -2.43. The molecule has 0 aromatic heterocycles. The van der Waals surface area contributed by atoms with Gasteiger partial charge in [-0.3, -0.25) is 0 Å². The Kier molecular flexibility index (Phi) is 4.51. The van der Waals surface area contributed by atoms with E-state index < -0.39 is 11.9 Å². The van der Waals surface area contributed by atoms with E-state index in [2.05, 4.69) is 31.2 Å². The Morgan fingerprint density at radius 3 is 2.69 bits per heavy atom. The number of aryl methyl sites for hydroxylation is 1. The smallest absolute Gasteiger partial charge is 0.198 e. The number of aliphatic hydroxyl groups is 1. The zero-order chi connectivity index (χ0) is 18.3. The number of rotatable bonds is 3. The Bertz CT molecular complexity index is 787. The van der Waals surface area contributed by atoms with Gasteiger partial charge in [0.05, 0.1) is 25.9 Å². The van der Waals surface area contributed by atoms with E-state index >= 15 is 0 Å². The maximum atomic E-state index is 10.3. The van der Waals surface area contributed by atoms with Crippen LogP contribution < -0.4 is 4.74 Å². The van der Waals surface area contributed by atoms with Crippen LogP contribution in [0.1, 0.15) is 47.6 Å². The molecule has 2 aliphatic heterocycles. The summed E-state index contributed by atoms with van der Waals surface area (Å²) < 4.78 is 17.5. The third-order valence-corrected chi connectivity index (χ3v) is 5.49. The molecule has 0 radical (unpaired) electrons. The van der Waals surface area contributed by atoms with Gasteiger partial charge in [0.25, 0.3) is 0 Å². The molecule has 1 spiro atoms. The van der Waals surface area contributed by atoms with Crippen LogP contribution >= 0.6 is 0 Å². The zero-order valence-electron chi connectivity index (χ0n) is 15.6. The maximum Gasteiger partial charge on any atom is 0.198 e. The highest BCUT2D eigenvalue weighted by Crippen LogP contribution is 2.46. The van der Waals surface area contributed by atoms with Crippen molar-refractivity contribution in [1.29, 1.82) is 0 Å². The van der Waals surface area contributed by atoms with Crippen LogP contribution in [0, 0.1) is 6.92 Å². The number of fused-ring (bicyclic) bond motifs is 2. The van der Waals surface area contributed by atoms with Gasteiger partial charge in [-0.1, -0.05) is 18.2 Å². The van der Waals surface area contributed by atoms with E-state index in [9.17, 15) is 5.11 Å². The van der Waals surface area contributed by atoms with Crippen LogP contribution in [-0.2, 0) is 28.3 Å². The van der Waals surface area contributed by atoms with E-state index in [0.29, 0.717) is 19.4 Å². The van der Waals surface area contributed by atoms with E-state index in [1.807, 2.05) is 19.1 Å². The lowest BCUT2D eigenvalue weighted by atomic mass is 9.88. The molecule has 4 heteroatoms. The highest BCUT2D eigenvalue weighted by Gasteiger charge is 2.47. The second-order valence-corrected chi connectivity index (χ2v) is 7.52. The predicted octanol–water partition coefficient (Wildman–Crippen LogP) is 3.84. The van der Waals surface area contributed by atoms with E-state index in [-0.39, 0.29) is 6.10 Å². The summed E-state index contributed by atoms with van der Waals surface area (Å²) in [7, 11) is 1.68. The van der Waals surface area contributed by atoms with Crippen molar-refractivity contribution in [3.63, 3.8) is 0 Å². The fourth-order valence-corrected chi connectivity index (χ4v) is 4.18. The van der Waals surface area contributed by atoms with Crippen LogP contribution in [0.5, 0.6) is 5.75 Å². The monoisotopic (exact) mass is 354 g/mol. The van der Waals surface area contributed by atoms with Gasteiger partial charge < -0.3 is 19.3 Å². The number of hydrogen-bond donors (Lipinski definition) is 1. The van der Waals surface area contributed by atoms with Crippen LogP contribution in [0.2, 0.25) is 0 Å². The van der Waals surface area contributed by atoms with E-state index in [1.54, 1.807) is 7.11 Å². The highest BCUT2D eigenvalue weighted by atomic mass is 16.7. The zero-order valence-corrected chi connectivity index (χ0v) is 15.6. The van der Waals surface area contributed by atoms with E-state index in [4.69, 9.17) is 14.2 Å². The number of benzene rings is 2. The number of methoxy groups -OCH3 is 1. The summed E-state index contributed by atoms with van der Waals surface area (Å²) >= 11 is 0. The van der Waals surface area contributed by atoms with Crippen LogP contribution in [0.25, 0.3) is 0 Å². The van der Waals surface area contributed by atoms with Gasteiger partial charge in [-0.2, -0.15) is 0 Å². The van der Waals surface area contributed by atoms with Gasteiger partial charge in [-0.05, 0) is 67.1 Å². The van der Waals surface area contributed by atoms with E-state index in [1.165, 1.54) is 22.3 Å². The second kappa shape index (κ2) is 6.69. The minimum absolute atomic E-state index is 0.0176. The van der Waals surface area contributed by atoms with Crippen LogP contribution in [-0.4, -0.2) is 24.4 Å². The molecule has 0 amide bonds. The molecule has 0 saturated carbocycles. The fourth-order valence-electron chi connectivity index (χ4n) is 4.18. The van der Waals surface area contributed by atoms with Crippen molar-refractivity contribution in [1.82, 2.24) is 0 Å². The SMILES string of the molecule is COc1ccc(Cc2cc3c(cc2C)CO[C@@]32C[C@@H](O)C[C@@H](C)O2)cc1. The van der Waals surface area contributed by atoms with Crippen LogP contribution in [0.15, 0.2) is 36.4 Å². The molecule has 138 valence electrons. The molecule has 3 atom stereocenters. The molecule has 1 N–H and O–H groups in total. The van der Waals surface area contributed by atoms with Crippen LogP contribution in [0.4, 0.5) is 0 Å². The average molecular weight is 354 g/mol. The van der Waals surface area contributed by atoms with Gasteiger partial charge in [-0.15, -0.1) is 0 Å². The molecular formula is C22H26O4. The molecule has 4 nitrogen and oxygen atoms in total. The highest BCUT2D eigenvalue weighted by molar-refractivity contribution is 5.44. The molecule has 0 unspecified atom stereocenters. The van der Waals surface area contributed by atoms with Crippen molar-refractivity contribution in [3.8, 4) is 5.75 Å². The summed E-state index contributed by atoms with van der Waals surface area (Å²) in [5, 5.41) is 10.3. The number of ether oxygens (including phenoxy) is 3. The third kappa shape index (κ3) is 3.13. The Morgan fingerprint density at radius 2 is 2.00 bits per heavy atom. The molecule has 26 heavy (non-hydrogen) atoms. The Hall–Kier alpha value is -1.88. The first kappa shape index (κ1) is 17.5. The van der Waals surface area contributed by atoms with Crippen molar-refractivity contribution >= 4 is 0 Å². The molecule has 2 aromatic rings. The predicted molar refractivity (Wildman–Crippen MR) is 99.2 cm³/mol. The maximum absolute atomic E-state index is 10.3. The molecule has 2 aromatic carbocycles. The fraction of sp³-hybridized carbons (Fsp3) is 0.455. The standard InChI is InChI=1S/C22H26O4/c1-14-8-18-13-25-22(12-19(23)9-15(2)26-22)21(18)11-17(14)10-16-4-6-20(24-3)7-5-16/h4-8,11,15,19,23H,9-10,12-13H2,1-3H3/t15-,19+,22-/m1/s1. The quantitative estimate of drug-likeness (QED) is 0.910. The van der Waals surface area contributed by atoms with Gasteiger partial charge in [0.15, 0.2) is 5.79 Å². The first-order valence-electron chi connectivity index (χ1n) is 9.25. The normalized spacial score (nSPS) is 27.5. The largest absolute Gasteiger partial charge is 0.497 e. The second-order valence-electron chi connectivity index (χ2n) is 7.52. The van der Waals surface area contributed by atoms with Gasteiger partial charge in [0.1, 0.15) is 5.75 Å². The van der Waals surface area contributed by atoms with Crippen molar-refractivity contribution in [2.45, 2.75) is 57.7 Å². The van der Waals surface area contributed by atoms with Crippen LogP contribution in [0.3, 0.4) is 0 Å². The minimum atomic E-state index is -0.797. The third-order valence-electron chi connectivity index (χ3n) is 5.49. The van der Waals surface area contributed by atoms with Gasteiger partial charge >= 0.3 is 0 Å². The lowest BCUT2D eigenvalue weighted by Gasteiger charge is -2.39. The molecule has 4 rings (SSSR count). The Balaban J connectivity index is 1.67. The summed E-state index contributed by atoms with van der Waals surface area (Å²) in [5.41, 5.74) is 6.00. The number of hydrogen-bond acceptors (Lipinski definition) is 4. The van der Waals surface area contributed by atoms with Crippen molar-refractivity contribution in [3.05, 3.63) is 64.2 Å². The first-order valence-corrected chi connectivity index (χ1v) is 9.25. The molecule has 2 heterocycles.